The fourth-order valence-corrected chi connectivity index (χ4v) is 1.85. The molecule has 0 aromatic heterocycles. The maximum absolute atomic E-state index is 12.9. The van der Waals surface area contributed by atoms with Crippen LogP contribution >= 0.6 is 0 Å². The predicted octanol–water partition coefficient (Wildman–Crippen LogP) is 2.31. The second-order valence-electron chi connectivity index (χ2n) is 4.62. The van der Waals surface area contributed by atoms with Gasteiger partial charge in [0.05, 0.1) is 6.61 Å². The van der Waals surface area contributed by atoms with E-state index in [4.69, 9.17) is 9.84 Å². The third kappa shape index (κ3) is 6.74. The van der Waals surface area contributed by atoms with Crippen molar-refractivity contribution in [3.8, 4) is 5.75 Å². The molecule has 0 aliphatic rings. The predicted molar refractivity (Wildman–Crippen MR) is 75.6 cm³/mol. The van der Waals surface area contributed by atoms with Crippen molar-refractivity contribution in [2.45, 2.75) is 26.2 Å². The van der Waals surface area contributed by atoms with Crippen molar-refractivity contribution in [2.24, 2.45) is 0 Å². The van der Waals surface area contributed by atoms with E-state index in [0.29, 0.717) is 25.1 Å². The molecule has 0 unspecified atom stereocenters. The van der Waals surface area contributed by atoms with Gasteiger partial charge in [-0.05, 0) is 25.0 Å². The monoisotopic (exact) mass is 297 g/mol. The average molecular weight is 297 g/mol. The van der Waals surface area contributed by atoms with Crippen LogP contribution in [0.5, 0.6) is 5.75 Å². The molecular weight excluding hydrogens is 277 g/mol. The van der Waals surface area contributed by atoms with Crippen molar-refractivity contribution >= 4 is 11.9 Å². The van der Waals surface area contributed by atoms with Crippen LogP contribution in [0.2, 0.25) is 0 Å². The van der Waals surface area contributed by atoms with Crippen LogP contribution in [0.1, 0.15) is 26.2 Å². The first-order valence-electron chi connectivity index (χ1n) is 6.91. The van der Waals surface area contributed by atoms with E-state index < -0.39 is 5.97 Å². The summed E-state index contributed by atoms with van der Waals surface area (Å²) < 4.78 is 18.3. The lowest BCUT2D eigenvalue weighted by atomic mass is 10.2. The van der Waals surface area contributed by atoms with E-state index in [2.05, 4.69) is 0 Å². The first-order chi connectivity index (χ1) is 10.0. The minimum absolute atomic E-state index is 0.206. The highest BCUT2D eigenvalue weighted by molar-refractivity contribution is 5.81. The molecule has 0 atom stereocenters. The molecule has 1 aromatic rings. The summed E-state index contributed by atoms with van der Waals surface area (Å²) in [5, 5.41) is 8.75. The molecule has 21 heavy (non-hydrogen) atoms. The molecule has 0 saturated heterocycles. The van der Waals surface area contributed by atoms with Crippen LogP contribution in [0.4, 0.5) is 4.39 Å². The molecule has 1 N–H and O–H groups in total. The number of ether oxygens (including phenoxy) is 1. The molecule has 0 bridgehead atoms. The Morgan fingerprint density at radius 3 is 2.76 bits per heavy atom. The highest BCUT2D eigenvalue weighted by Crippen LogP contribution is 2.12. The number of aliphatic carboxylic acids is 1. The molecular formula is C15H20FNO4. The number of carbonyl (C=O) groups is 2. The molecule has 0 fully saturated rings. The number of rotatable bonds is 9. The van der Waals surface area contributed by atoms with E-state index in [1.54, 1.807) is 12.1 Å². The molecule has 0 heterocycles. The van der Waals surface area contributed by atoms with E-state index >= 15 is 0 Å². The fourth-order valence-electron chi connectivity index (χ4n) is 1.85. The summed E-state index contributed by atoms with van der Waals surface area (Å²) >= 11 is 0. The van der Waals surface area contributed by atoms with Crippen molar-refractivity contribution < 1.29 is 23.8 Å². The molecule has 1 amide bonds. The minimum atomic E-state index is -1.02. The van der Waals surface area contributed by atoms with Gasteiger partial charge in [0.2, 0.25) is 5.91 Å². The average Bonchev–Trinajstić information content (AvgIpc) is 2.42. The molecule has 116 valence electrons. The van der Waals surface area contributed by atoms with Gasteiger partial charge >= 0.3 is 5.97 Å². The molecule has 0 aliphatic heterocycles. The van der Waals surface area contributed by atoms with Crippen LogP contribution in [0.25, 0.3) is 0 Å². The summed E-state index contributed by atoms with van der Waals surface area (Å²) in [5.41, 5.74) is 0. The lowest BCUT2D eigenvalue weighted by molar-refractivity contribution is -0.144. The Bertz CT molecular complexity index is 478. The first-order valence-corrected chi connectivity index (χ1v) is 6.91. The van der Waals surface area contributed by atoms with Gasteiger partial charge in [0, 0.05) is 19.0 Å². The van der Waals surface area contributed by atoms with Crippen molar-refractivity contribution in [1.29, 1.82) is 0 Å². The molecule has 1 rings (SSSR count). The summed E-state index contributed by atoms with van der Waals surface area (Å²) in [6.45, 7) is 2.31. The van der Waals surface area contributed by atoms with Crippen molar-refractivity contribution in [1.82, 2.24) is 4.90 Å². The lowest BCUT2D eigenvalue weighted by Gasteiger charge is -2.19. The van der Waals surface area contributed by atoms with Crippen LogP contribution in [0, 0.1) is 5.82 Å². The molecule has 6 heteroatoms. The van der Waals surface area contributed by atoms with Gasteiger partial charge in [-0.3, -0.25) is 9.59 Å². The highest BCUT2D eigenvalue weighted by atomic mass is 19.1. The van der Waals surface area contributed by atoms with Gasteiger partial charge in [0.1, 0.15) is 18.1 Å². The maximum atomic E-state index is 12.9. The number of benzene rings is 1. The molecule has 5 nitrogen and oxygen atoms in total. The summed E-state index contributed by atoms with van der Waals surface area (Å²) in [4.78, 5) is 23.9. The SMILES string of the molecule is CCCN(CC(=O)O)C(=O)CCCOc1cccc(F)c1. The third-order valence-corrected chi connectivity index (χ3v) is 2.77. The molecule has 0 aliphatic carbocycles. The number of carbonyl (C=O) groups excluding carboxylic acids is 1. The zero-order valence-electron chi connectivity index (χ0n) is 12.0. The Hall–Kier alpha value is -2.11. The second-order valence-corrected chi connectivity index (χ2v) is 4.62. The van der Waals surface area contributed by atoms with Crippen LogP contribution < -0.4 is 4.74 Å². The van der Waals surface area contributed by atoms with Crippen molar-refractivity contribution in [3.05, 3.63) is 30.1 Å². The summed E-state index contributed by atoms with van der Waals surface area (Å²) in [7, 11) is 0. The van der Waals surface area contributed by atoms with Gasteiger partial charge in [0.25, 0.3) is 0 Å². The van der Waals surface area contributed by atoms with Gasteiger partial charge in [0.15, 0.2) is 0 Å². The zero-order chi connectivity index (χ0) is 15.7. The van der Waals surface area contributed by atoms with E-state index in [-0.39, 0.29) is 31.3 Å². The van der Waals surface area contributed by atoms with Gasteiger partial charge in [-0.15, -0.1) is 0 Å². The summed E-state index contributed by atoms with van der Waals surface area (Å²) in [6, 6.07) is 5.78. The number of carboxylic acids is 1. The normalized spacial score (nSPS) is 10.2. The van der Waals surface area contributed by atoms with Crippen molar-refractivity contribution in [3.63, 3.8) is 0 Å². The van der Waals surface area contributed by atoms with E-state index in [0.717, 1.165) is 0 Å². The molecule has 0 radical (unpaired) electrons. The quantitative estimate of drug-likeness (QED) is 0.710. The smallest absolute Gasteiger partial charge is 0.323 e. The minimum Gasteiger partial charge on any atom is -0.493 e. The molecule has 0 saturated carbocycles. The Labute approximate surface area is 123 Å². The van der Waals surface area contributed by atoms with E-state index in [1.165, 1.54) is 17.0 Å². The first kappa shape index (κ1) is 16.9. The Kier molecular flexibility index (Phi) is 7.21. The maximum Gasteiger partial charge on any atom is 0.323 e. The Balaban J connectivity index is 2.32. The third-order valence-electron chi connectivity index (χ3n) is 2.77. The van der Waals surface area contributed by atoms with Crippen LogP contribution in [0.15, 0.2) is 24.3 Å². The standard InChI is InChI=1S/C15H20FNO4/c1-2-8-17(11-15(19)20)14(18)7-4-9-21-13-6-3-5-12(16)10-13/h3,5-6,10H,2,4,7-9,11H2,1H3,(H,19,20). The Morgan fingerprint density at radius 2 is 2.14 bits per heavy atom. The number of carboxylic acid groups (broad SMARTS) is 1. The van der Waals surface area contributed by atoms with Crippen LogP contribution in [0.3, 0.4) is 0 Å². The zero-order valence-corrected chi connectivity index (χ0v) is 12.0. The number of amides is 1. The summed E-state index contributed by atoms with van der Waals surface area (Å²) in [5.74, 6) is -1.19. The second kappa shape index (κ2) is 8.94. The van der Waals surface area contributed by atoms with Gasteiger partial charge in [-0.1, -0.05) is 13.0 Å². The topological polar surface area (TPSA) is 66.8 Å². The van der Waals surface area contributed by atoms with Crippen LogP contribution in [-0.4, -0.2) is 41.6 Å². The van der Waals surface area contributed by atoms with Gasteiger partial charge in [-0.2, -0.15) is 0 Å². The molecule has 1 aromatic carbocycles. The number of halogens is 1. The highest BCUT2D eigenvalue weighted by Gasteiger charge is 2.15. The summed E-state index contributed by atoms with van der Waals surface area (Å²) in [6.07, 6.45) is 1.37. The van der Waals surface area contributed by atoms with Crippen LogP contribution in [-0.2, 0) is 9.59 Å². The van der Waals surface area contributed by atoms with E-state index in [1.807, 2.05) is 6.92 Å². The number of nitrogens with zero attached hydrogens (tertiary/aromatic N) is 1. The van der Waals surface area contributed by atoms with E-state index in [9.17, 15) is 14.0 Å². The largest absolute Gasteiger partial charge is 0.493 e. The lowest BCUT2D eigenvalue weighted by Crippen LogP contribution is -2.36. The van der Waals surface area contributed by atoms with Gasteiger partial charge < -0.3 is 14.7 Å². The van der Waals surface area contributed by atoms with Crippen molar-refractivity contribution in [2.75, 3.05) is 19.7 Å². The number of hydrogen-bond acceptors (Lipinski definition) is 3. The Morgan fingerprint density at radius 1 is 1.38 bits per heavy atom. The van der Waals surface area contributed by atoms with Gasteiger partial charge in [-0.25, -0.2) is 4.39 Å². The number of hydrogen-bond donors (Lipinski definition) is 1. The molecule has 0 spiro atoms. The fraction of sp³-hybridized carbons (Fsp3) is 0.467.